The number of aromatic nitrogens is 2. The van der Waals surface area contributed by atoms with Crippen molar-refractivity contribution in [3.05, 3.63) is 28.0 Å². The lowest BCUT2D eigenvalue weighted by molar-refractivity contribution is 0.585. The Labute approximate surface area is 127 Å². The van der Waals surface area contributed by atoms with Crippen molar-refractivity contribution in [1.82, 2.24) is 9.55 Å². The van der Waals surface area contributed by atoms with Crippen LogP contribution >= 0.6 is 34.8 Å². The molecular formula is C14H15Cl3N2. The molecule has 1 aromatic carbocycles. The molecular weight excluding hydrogens is 303 g/mol. The first-order valence-electron chi connectivity index (χ1n) is 6.55. The van der Waals surface area contributed by atoms with Crippen molar-refractivity contribution in [2.45, 2.75) is 38.1 Å². The third-order valence-corrected chi connectivity index (χ3v) is 4.55. The van der Waals surface area contributed by atoms with E-state index in [4.69, 9.17) is 34.8 Å². The lowest BCUT2D eigenvalue weighted by Gasteiger charge is -2.10. The predicted molar refractivity (Wildman–Crippen MR) is 81.4 cm³/mol. The van der Waals surface area contributed by atoms with Crippen LogP contribution in [0.15, 0.2) is 12.1 Å². The molecule has 0 radical (unpaired) electrons. The lowest BCUT2D eigenvalue weighted by Crippen LogP contribution is -2.05. The molecule has 1 unspecified atom stereocenters. The fourth-order valence-electron chi connectivity index (χ4n) is 2.40. The second-order valence-corrected chi connectivity index (χ2v) is 6.69. The highest BCUT2D eigenvalue weighted by atomic mass is 35.5. The molecule has 102 valence electrons. The Hall–Kier alpha value is -0.440. The molecule has 5 heteroatoms. The highest BCUT2D eigenvalue weighted by molar-refractivity contribution is 6.42. The third-order valence-electron chi connectivity index (χ3n) is 3.63. The van der Waals surface area contributed by atoms with Crippen molar-refractivity contribution in [3.8, 4) is 0 Å². The van der Waals surface area contributed by atoms with E-state index in [2.05, 4.69) is 9.55 Å². The summed E-state index contributed by atoms with van der Waals surface area (Å²) in [5, 5.41) is 0.981. The van der Waals surface area contributed by atoms with E-state index in [0.29, 0.717) is 10.0 Å². The summed E-state index contributed by atoms with van der Waals surface area (Å²) in [5.74, 6) is 1.77. The van der Waals surface area contributed by atoms with Crippen molar-refractivity contribution >= 4 is 45.8 Å². The van der Waals surface area contributed by atoms with E-state index in [-0.39, 0.29) is 5.38 Å². The molecule has 0 amide bonds. The van der Waals surface area contributed by atoms with Gasteiger partial charge in [0.2, 0.25) is 0 Å². The van der Waals surface area contributed by atoms with Crippen LogP contribution in [-0.4, -0.2) is 9.55 Å². The second kappa shape index (κ2) is 5.16. The number of imidazole rings is 1. The van der Waals surface area contributed by atoms with E-state index in [1.807, 2.05) is 19.1 Å². The van der Waals surface area contributed by atoms with Gasteiger partial charge in [-0.25, -0.2) is 4.98 Å². The lowest BCUT2D eigenvalue weighted by atomic mass is 10.2. The summed E-state index contributed by atoms with van der Waals surface area (Å²) in [6.07, 6.45) is 3.89. The average molecular weight is 318 g/mol. The molecule has 0 bridgehead atoms. The minimum atomic E-state index is -0.121. The van der Waals surface area contributed by atoms with E-state index in [1.54, 1.807) is 0 Å². The smallest absolute Gasteiger partial charge is 0.127 e. The van der Waals surface area contributed by atoms with Crippen LogP contribution in [0.4, 0.5) is 0 Å². The number of hydrogen-bond acceptors (Lipinski definition) is 1. The summed E-state index contributed by atoms with van der Waals surface area (Å²) in [4.78, 5) is 4.60. The molecule has 0 aliphatic heterocycles. The number of rotatable bonds is 4. The van der Waals surface area contributed by atoms with Gasteiger partial charge in [0.25, 0.3) is 0 Å². The summed E-state index contributed by atoms with van der Waals surface area (Å²) >= 11 is 18.4. The van der Waals surface area contributed by atoms with E-state index in [1.165, 1.54) is 19.3 Å². The van der Waals surface area contributed by atoms with Gasteiger partial charge < -0.3 is 4.57 Å². The van der Waals surface area contributed by atoms with Gasteiger partial charge >= 0.3 is 0 Å². The maximum atomic E-state index is 6.24. The number of nitrogens with zero attached hydrogens (tertiary/aromatic N) is 2. The zero-order chi connectivity index (χ0) is 13.6. The highest BCUT2D eigenvalue weighted by Gasteiger charge is 2.23. The first-order valence-corrected chi connectivity index (χ1v) is 7.74. The van der Waals surface area contributed by atoms with Crippen LogP contribution in [-0.2, 0) is 6.54 Å². The molecule has 1 aliphatic rings. The molecule has 1 aromatic heterocycles. The van der Waals surface area contributed by atoms with Crippen molar-refractivity contribution in [1.29, 1.82) is 0 Å². The van der Waals surface area contributed by atoms with Gasteiger partial charge in [0.15, 0.2) is 0 Å². The van der Waals surface area contributed by atoms with Gasteiger partial charge in [-0.15, -0.1) is 11.6 Å². The number of alkyl halides is 1. The molecule has 2 aromatic rings. The third kappa shape index (κ3) is 2.72. The molecule has 0 saturated heterocycles. The molecule has 3 rings (SSSR count). The van der Waals surface area contributed by atoms with Crippen LogP contribution in [0.1, 0.15) is 37.4 Å². The van der Waals surface area contributed by atoms with Gasteiger partial charge in [-0.2, -0.15) is 0 Å². The summed E-state index contributed by atoms with van der Waals surface area (Å²) in [6, 6.07) is 3.71. The van der Waals surface area contributed by atoms with Crippen molar-refractivity contribution < 1.29 is 0 Å². The van der Waals surface area contributed by atoms with E-state index < -0.39 is 0 Å². The van der Waals surface area contributed by atoms with Crippen LogP contribution in [0, 0.1) is 5.92 Å². The summed E-state index contributed by atoms with van der Waals surface area (Å²) < 4.78 is 2.19. The summed E-state index contributed by atoms with van der Waals surface area (Å²) in [7, 11) is 0. The monoisotopic (exact) mass is 316 g/mol. The Kier molecular flexibility index (Phi) is 3.67. The van der Waals surface area contributed by atoms with E-state index in [9.17, 15) is 0 Å². The standard InChI is InChI=1S/C14H15Cl3N2/c1-8(15)14-18-12-6-10(16)11(17)7-13(12)19(14)5-4-9-2-3-9/h6-9H,2-5H2,1H3. The van der Waals surface area contributed by atoms with Gasteiger partial charge in [-0.1, -0.05) is 36.0 Å². The number of fused-ring (bicyclic) bond motifs is 1. The highest BCUT2D eigenvalue weighted by Crippen LogP contribution is 2.35. The van der Waals surface area contributed by atoms with Gasteiger partial charge in [0.1, 0.15) is 5.82 Å². The predicted octanol–water partition coefficient (Wildman–Crippen LogP) is 5.44. The Balaban J connectivity index is 2.07. The molecule has 2 nitrogen and oxygen atoms in total. The van der Waals surface area contributed by atoms with E-state index in [0.717, 1.165) is 29.3 Å². The Morgan fingerprint density at radius 1 is 1.32 bits per heavy atom. The molecule has 0 spiro atoms. The first-order chi connectivity index (χ1) is 9.06. The minimum Gasteiger partial charge on any atom is -0.327 e. The van der Waals surface area contributed by atoms with Gasteiger partial charge in [0.05, 0.1) is 26.5 Å². The molecule has 1 fully saturated rings. The summed E-state index contributed by atoms with van der Waals surface area (Å²) in [5.41, 5.74) is 1.89. The molecule has 0 N–H and O–H groups in total. The van der Waals surface area contributed by atoms with Crippen LogP contribution in [0.2, 0.25) is 10.0 Å². The van der Waals surface area contributed by atoms with Crippen molar-refractivity contribution in [2.24, 2.45) is 5.92 Å². The van der Waals surface area contributed by atoms with Gasteiger partial charge in [0, 0.05) is 6.54 Å². The van der Waals surface area contributed by atoms with Crippen LogP contribution in [0.5, 0.6) is 0 Å². The molecule has 1 aliphatic carbocycles. The number of aryl methyl sites for hydroxylation is 1. The zero-order valence-corrected chi connectivity index (χ0v) is 12.9. The number of benzene rings is 1. The average Bonchev–Trinajstić information content (AvgIpc) is 3.11. The maximum Gasteiger partial charge on any atom is 0.127 e. The summed E-state index contributed by atoms with van der Waals surface area (Å²) in [6.45, 7) is 2.89. The largest absolute Gasteiger partial charge is 0.327 e. The topological polar surface area (TPSA) is 17.8 Å². The Morgan fingerprint density at radius 3 is 2.63 bits per heavy atom. The number of halogens is 3. The normalized spacial score (nSPS) is 17.1. The van der Waals surface area contributed by atoms with Crippen molar-refractivity contribution in [3.63, 3.8) is 0 Å². The molecule has 1 atom stereocenters. The van der Waals surface area contributed by atoms with Gasteiger partial charge in [-0.3, -0.25) is 0 Å². The fraction of sp³-hybridized carbons (Fsp3) is 0.500. The Morgan fingerprint density at radius 2 is 2.00 bits per heavy atom. The zero-order valence-electron chi connectivity index (χ0n) is 10.7. The van der Waals surface area contributed by atoms with Crippen molar-refractivity contribution in [2.75, 3.05) is 0 Å². The van der Waals surface area contributed by atoms with Crippen LogP contribution in [0.3, 0.4) is 0 Å². The minimum absolute atomic E-state index is 0.121. The maximum absolute atomic E-state index is 6.24. The first kappa shape index (κ1) is 13.5. The SMILES string of the molecule is CC(Cl)c1nc2cc(Cl)c(Cl)cc2n1CCC1CC1. The quantitative estimate of drug-likeness (QED) is 0.686. The molecule has 19 heavy (non-hydrogen) atoms. The Bertz CT molecular complexity index is 615. The van der Waals surface area contributed by atoms with E-state index >= 15 is 0 Å². The fourth-order valence-corrected chi connectivity index (χ4v) is 2.88. The van der Waals surface area contributed by atoms with Crippen LogP contribution in [0.25, 0.3) is 11.0 Å². The van der Waals surface area contributed by atoms with Crippen LogP contribution < -0.4 is 0 Å². The molecule has 1 saturated carbocycles. The molecule has 1 heterocycles. The second-order valence-electron chi connectivity index (χ2n) is 5.22. The van der Waals surface area contributed by atoms with Gasteiger partial charge in [-0.05, 0) is 31.4 Å². The number of hydrogen-bond donors (Lipinski definition) is 0.